The molecular formula is C14H19BrClN5OS. The first-order valence-electron chi connectivity index (χ1n) is 6.79. The van der Waals surface area contributed by atoms with Gasteiger partial charge in [0.1, 0.15) is 5.82 Å². The lowest BCUT2D eigenvalue weighted by atomic mass is 10.2. The second-order valence-electron chi connectivity index (χ2n) is 4.72. The molecule has 9 heteroatoms. The maximum atomic E-state index is 11.8. The van der Waals surface area contributed by atoms with E-state index in [1.807, 2.05) is 30.5 Å². The molecule has 0 spiro atoms. The molecule has 0 aliphatic carbocycles. The van der Waals surface area contributed by atoms with Gasteiger partial charge >= 0.3 is 0 Å². The largest absolute Gasteiger partial charge is 0.347 e. The van der Waals surface area contributed by atoms with E-state index in [1.54, 1.807) is 11.8 Å². The number of aromatic nitrogens is 3. The molecule has 23 heavy (non-hydrogen) atoms. The van der Waals surface area contributed by atoms with Crippen LogP contribution in [-0.4, -0.2) is 39.1 Å². The van der Waals surface area contributed by atoms with Crippen molar-refractivity contribution in [1.29, 1.82) is 0 Å². The lowest BCUT2D eigenvalue weighted by Crippen LogP contribution is -2.40. The summed E-state index contributed by atoms with van der Waals surface area (Å²) in [6.45, 7) is 0.287. The van der Waals surface area contributed by atoms with E-state index in [9.17, 15) is 4.79 Å². The predicted molar refractivity (Wildman–Crippen MR) is 99.6 cm³/mol. The summed E-state index contributed by atoms with van der Waals surface area (Å²) in [6.07, 6.45) is 2.65. The zero-order valence-electron chi connectivity index (χ0n) is 12.6. The van der Waals surface area contributed by atoms with Crippen LogP contribution in [0.25, 0.3) is 11.4 Å². The number of hydrogen-bond donors (Lipinski definition) is 3. The lowest BCUT2D eigenvalue weighted by Gasteiger charge is -2.10. The Kier molecular flexibility index (Phi) is 8.60. The van der Waals surface area contributed by atoms with Gasteiger partial charge in [-0.25, -0.2) is 4.98 Å². The summed E-state index contributed by atoms with van der Waals surface area (Å²) in [7, 11) is 0. The van der Waals surface area contributed by atoms with Gasteiger partial charge in [0, 0.05) is 10.0 Å². The Hall–Kier alpha value is -1.09. The molecule has 0 saturated carbocycles. The van der Waals surface area contributed by atoms with Crippen LogP contribution < -0.4 is 11.1 Å². The van der Waals surface area contributed by atoms with Crippen LogP contribution in [0.1, 0.15) is 12.2 Å². The Balaban J connectivity index is 0.00000264. The number of carbonyl (C=O) groups excluding carboxylic acids is 1. The number of amides is 1. The Morgan fingerprint density at radius 3 is 2.78 bits per heavy atom. The molecule has 1 heterocycles. The van der Waals surface area contributed by atoms with Crippen LogP contribution in [0.5, 0.6) is 0 Å². The third-order valence-corrected chi connectivity index (χ3v) is 4.21. The minimum absolute atomic E-state index is 0. The minimum atomic E-state index is -0.485. The summed E-state index contributed by atoms with van der Waals surface area (Å²) < 4.78 is 0.999. The van der Waals surface area contributed by atoms with E-state index < -0.39 is 6.04 Å². The van der Waals surface area contributed by atoms with Crippen molar-refractivity contribution in [3.05, 3.63) is 34.6 Å². The average Bonchev–Trinajstić information content (AvgIpc) is 2.99. The summed E-state index contributed by atoms with van der Waals surface area (Å²) in [4.78, 5) is 16.2. The molecule has 2 aromatic rings. The van der Waals surface area contributed by atoms with Crippen molar-refractivity contribution in [1.82, 2.24) is 20.5 Å². The smallest absolute Gasteiger partial charge is 0.237 e. The molecule has 0 saturated heterocycles. The van der Waals surface area contributed by atoms with E-state index in [2.05, 4.69) is 36.4 Å². The number of H-pyrrole nitrogens is 1. The monoisotopic (exact) mass is 419 g/mol. The molecule has 1 atom stereocenters. The summed E-state index contributed by atoms with van der Waals surface area (Å²) in [5.74, 6) is 1.90. The molecule has 1 aromatic carbocycles. The maximum absolute atomic E-state index is 11.8. The fourth-order valence-corrected chi connectivity index (χ4v) is 2.53. The van der Waals surface area contributed by atoms with E-state index >= 15 is 0 Å². The Bertz CT molecular complexity index is 622. The summed E-state index contributed by atoms with van der Waals surface area (Å²) in [5, 5.41) is 9.74. The number of nitrogens with two attached hydrogens (primary N) is 1. The molecule has 0 aliphatic rings. The molecular weight excluding hydrogens is 402 g/mol. The van der Waals surface area contributed by atoms with Crippen molar-refractivity contribution in [2.45, 2.75) is 19.0 Å². The van der Waals surface area contributed by atoms with Crippen molar-refractivity contribution in [3.8, 4) is 11.4 Å². The number of halogens is 2. The normalized spacial score (nSPS) is 11.6. The van der Waals surface area contributed by atoms with Gasteiger partial charge in [0.2, 0.25) is 5.91 Å². The van der Waals surface area contributed by atoms with Crippen LogP contribution in [-0.2, 0) is 11.3 Å². The van der Waals surface area contributed by atoms with Crippen LogP contribution in [0.4, 0.5) is 0 Å². The van der Waals surface area contributed by atoms with E-state index in [0.29, 0.717) is 18.1 Å². The first-order valence-corrected chi connectivity index (χ1v) is 8.98. The summed E-state index contributed by atoms with van der Waals surface area (Å²) in [6, 6.07) is 7.22. The van der Waals surface area contributed by atoms with Crippen molar-refractivity contribution in [3.63, 3.8) is 0 Å². The lowest BCUT2D eigenvalue weighted by molar-refractivity contribution is -0.122. The highest BCUT2D eigenvalue weighted by atomic mass is 79.9. The standard InChI is InChI=1S/C14H18BrN5OS.ClH/c1-22-7-6-11(16)14(21)17-8-12-18-13(20-19-12)9-2-4-10(15)5-3-9;/h2-5,11H,6-8,16H2,1H3,(H,17,21)(H,18,19,20);1H/t11-;/m0./s1. The Morgan fingerprint density at radius 1 is 1.43 bits per heavy atom. The van der Waals surface area contributed by atoms with Crippen molar-refractivity contribution < 1.29 is 4.79 Å². The number of hydrogen-bond acceptors (Lipinski definition) is 5. The number of benzene rings is 1. The van der Waals surface area contributed by atoms with Crippen LogP contribution >= 0.6 is 40.1 Å². The van der Waals surface area contributed by atoms with Crippen molar-refractivity contribution >= 4 is 46.0 Å². The first-order chi connectivity index (χ1) is 10.6. The summed E-state index contributed by atoms with van der Waals surface area (Å²) in [5.41, 5.74) is 6.71. The van der Waals surface area contributed by atoms with Crippen molar-refractivity contribution in [2.24, 2.45) is 5.73 Å². The minimum Gasteiger partial charge on any atom is -0.347 e. The average molecular weight is 421 g/mol. The van der Waals surface area contributed by atoms with Gasteiger partial charge in [0.25, 0.3) is 0 Å². The van der Waals surface area contributed by atoms with E-state index in [-0.39, 0.29) is 24.9 Å². The highest BCUT2D eigenvalue weighted by molar-refractivity contribution is 9.10. The topological polar surface area (TPSA) is 96.7 Å². The first kappa shape index (κ1) is 20.0. The van der Waals surface area contributed by atoms with Gasteiger partial charge in [-0.3, -0.25) is 9.89 Å². The van der Waals surface area contributed by atoms with Gasteiger partial charge < -0.3 is 11.1 Å². The van der Waals surface area contributed by atoms with E-state index in [1.165, 1.54) is 0 Å². The fraction of sp³-hybridized carbons (Fsp3) is 0.357. The fourth-order valence-electron chi connectivity index (χ4n) is 1.78. The third kappa shape index (κ3) is 6.14. The van der Waals surface area contributed by atoms with Gasteiger partial charge in [0.15, 0.2) is 5.82 Å². The number of nitrogens with one attached hydrogen (secondary N) is 2. The van der Waals surface area contributed by atoms with Gasteiger partial charge in [-0.2, -0.15) is 16.9 Å². The van der Waals surface area contributed by atoms with Crippen LogP contribution in [0.3, 0.4) is 0 Å². The van der Waals surface area contributed by atoms with Gasteiger partial charge in [0.05, 0.1) is 12.6 Å². The van der Waals surface area contributed by atoms with Crippen LogP contribution in [0.15, 0.2) is 28.7 Å². The molecule has 6 nitrogen and oxygen atoms in total. The molecule has 0 fully saturated rings. The van der Waals surface area contributed by atoms with Crippen LogP contribution in [0, 0.1) is 0 Å². The van der Waals surface area contributed by atoms with E-state index in [4.69, 9.17) is 5.73 Å². The molecule has 0 radical (unpaired) electrons. The molecule has 1 amide bonds. The number of carbonyl (C=O) groups is 1. The number of aromatic amines is 1. The maximum Gasteiger partial charge on any atom is 0.237 e. The zero-order valence-corrected chi connectivity index (χ0v) is 15.8. The quantitative estimate of drug-likeness (QED) is 0.639. The predicted octanol–water partition coefficient (Wildman–Crippen LogP) is 2.35. The molecule has 0 aliphatic heterocycles. The number of thioether (sulfide) groups is 1. The third-order valence-electron chi connectivity index (χ3n) is 3.03. The SMILES string of the molecule is CSCC[C@H](N)C(=O)NCc1nc(-c2ccc(Br)cc2)n[nH]1.Cl. The van der Waals surface area contributed by atoms with E-state index in [0.717, 1.165) is 15.8 Å². The van der Waals surface area contributed by atoms with Crippen molar-refractivity contribution in [2.75, 3.05) is 12.0 Å². The molecule has 4 N–H and O–H groups in total. The number of rotatable bonds is 7. The highest BCUT2D eigenvalue weighted by Gasteiger charge is 2.13. The van der Waals surface area contributed by atoms with Gasteiger partial charge in [-0.15, -0.1) is 12.4 Å². The number of nitrogens with zero attached hydrogens (tertiary/aromatic N) is 2. The molecule has 0 unspecified atom stereocenters. The zero-order chi connectivity index (χ0) is 15.9. The highest BCUT2D eigenvalue weighted by Crippen LogP contribution is 2.18. The Morgan fingerprint density at radius 2 is 2.13 bits per heavy atom. The molecule has 126 valence electrons. The van der Waals surface area contributed by atoms with Crippen LogP contribution in [0.2, 0.25) is 0 Å². The van der Waals surface area contributed by atoms with Gasteiger partial charge in [-0.1, -0.05) is 28.1 Å². The van der Waals surface area contributed by atoms with Gasteiger partial charge in [-0.05, 0) is 30.6 Å². The summed E-state index contributed by atoms with van der Waals surface area (Å²) >= 11 is 5.06. The Labute approximate surface area is 153 Å². The molecule has 2 rings (SSSR count). The molecule has 0 bridgehead atoms. The molecule has 1 aromatic heterocycles. The second-order valence-corrected chi connectivity index (χ2v) is 6.62. The second kappa shape index (κ2) is 9.92.